The summed E-state index contributed by atoms with van der Waals surface area (Å²) in [5.74, 6) is 0.471. The van der Waals surface area contributed by atoms with Gasteiger partial charge in [0.05, 0.1) is 0 Å². The molecule has 1 aliphatic rings. The van der Waals surface area contributed by atoms with Crippen molar-refractivity contribution in [3.8, 4) is 0 Å². The van der Waals surface area contributed by atoms with Gasteiger partial charge < -0.3 is 5.32 Å². The molecule has 2 atom stereocenters. The molecule has 2 unspecified atom stereocenters. The third kappa shape index (κ3) is 2.83. The Hall–Kier alpha value is -0.410. The fourth-order valence-corrected chi connectivity index (χ4v) is 2.61. The van der Waals surface area contributed by atoms with Gasteiger partial charge in [-0.3, -0.25) is 0 Å². The third-order valence-electron chi connectivity index (χ3n) is 3.28. The first-order valence-corrected chi connectivity index (χ1v) is 6.53. The minimum Gasteiger partial charge on any atom is -0.316 e. The van der Waals surface area contributed by atoms with E-state index < -0.39 is 5.67 Å². The normalized spacial score (nSPS) is 24.3. The van der Waals surface area contributed by atoms with Crippen molar-refractivity contribution in [1.82, 2.24) is 5.32 Å². The van der Waals surface area contributed by atoms with Crippen LogP contribution < -0.4 is 5.32 Å². The lowest BCUT2D eigenvalue weighted by Crippen LogP contribution is -2.21. The molecule has 0 bridgehead atoms. The summed E-state index contributed by atoms with van der Waals surface area (Å²) in [6.07, 6.45) is 1.71. The molecule has 1 saturated heterocycles. The van der Waals surface area contributed by atoms with Gasteiger partial charge >= 0.3 is 0 Å². The fourth-order valence-electron chi connectivity index (χ4n) is 2.35. The van der Waals surface area contributed by atoms with Crippen LogP contribution in [0.3, 0.4) is 0 Å². The highest BCUT2D eigenvalue weighted by molar-refractivity contribution is 9.10. The highest BCUT2D eigenvalue weighted by atomic mass is 79.9. The Kier molecular flexibility index (Phi) is 3.65. The molecule has 1 aromatic carbocycles. The van der Waals surface area contributed by atoms with Crippen molar-refractivity contribution >= 4 is 15.9 Å². The minimum atomic E-state index is -1.21. The molecular formula is C13H17BrFN. The van der Waals surface area contributed by atoms with E-state index in [1.54, 1.807) is 6.92 Å². The topological polar surface area (TPSA) is 12.0 Å². The van der Waals surface area contributed by atoms with Gasteiger partial charge in [0.15, 0.2) is 0 Å². The van der Waals surface area contributed by atoms with Crippen molar-refractivity contribution in [2.45, 2.75) is 25.4 Å². The van der Waals surface area contributed by atoms with Crippen molar-refractivity contribution in [2.24, 2.45) is 5.92 Å². The number of halogens is 2. The monoisotopic (exact) mass is 285 g/mol. The number of rotatable bonds is 3. The fraction of sp³-hybridized carbons (Fsp3) is 0.538. The van der Waals surface area contributed by atoms with Crippen LogP contribution in [0.1, 0.15) is 25.3 Å². The lowest BCUT2D eigenvalue weighted by molar-refractivity contribution is 0.150. The number of hydrogen-bond acceptors (Lipinski definition) is 1. The Morgan fingerprint density at radius 1 is 1.44 bits per heavy atom. The summed E-state index contributed by atoms with van der Waals surface area (Å²) in [6, 6.07) is 7.54. The molecule has 1 aliphatic heterocycles. The van der Waals surface area contributed by atoms with Gasteiger partial charge in [-0.15, -0.1) is 0 Å². The number of benzene rings is 1. The van der Waals surface area contributed by atoms with Crippen LogP contribution in [0.5, 0.6) is 0 Å². The predicted molar refractivity (Wildman–Crippen MR) is 68.2 cm³/mol. The first kappa shape index (κ1) is 12.1. The minimum absolute atomic E-state index is 0.471. The highest BCUT2D eigenvalue weighted by Gasteiger charge is 2.30. The first-order chi connectivity index (χ1) is 7.58. The summed E-state index contributed by atoms with van der Waals surface area (Å²) < 4.78 is 15.6. The van der Waals surface area contributed by atoms with Gasteiger partial charge in [-0.1, -0.05) is 28.1 Å². The van der Waals surface area contributed by atoms with E-state index in [1.165, 1.54) is 0 Å². The molecule has 3 heteroatoms. The molecule has 1 aromatic rings. The Morgan fingerprint density at radius 2 is 2.12 bits per heavy atom. The average molecular weight is 286 g/mol. The van der Waals surface area contributed by atoms with Gasteiger partial charge in [-0.2, -0.15) is 0 Å². The van der Waals surface area contributed by atoms with E-state index in [-0.39, 0.29) is 0 Å². The van der Waals surface area contributed by atoms with E-state index in [0.717, 1.165) is 29.5 Å². The van der Waals surface area contributed by atoms with Gasteiger partial charge in [-0.05, 0) is 56.5 Å². The van der Waals surface area contributed by atoms with Gasteiger partial charge in [0, 0.05) is 4.47 Å². The van der Waals surface area contributed by atoms with Crippen molar-refractivity contribution in [3.05, 3.63) is 34.3 Å². The first-order valence-electron chi connectivity index (χ1n) is 5.73. The number of alkyl halides is 1. The second-order valence-corrected chi connectivity index (χ2v) is 5.68. The lowest BCUT2D eigenvalue weighted by Gasteiger charge is -2.24. The Morgan fingerprint density at radius 3 is 2.69 bits per heavy atom. The molecule has 0 aliphatic carbocycles. The zero-order valence-corrected chi connectivity index (χ0v) is 11.1. The van der Waals surface area contributed by atoms with Crippen LogP contribution in [-0.4, -0.2) is 13.1 Å². The molecule has 0 aromatic heterocycles. The van der Waals surface area contributed by atoms with Crippen LogP contribution >= 0.6 is 15.9 Å². The Bertz CT molecular complexity index is 341. The zero-order valence-electron chi connectivity index (χ0n) is 9.47. The maximum Gasteiger partial charge on any atom is 0.133 e. The molecule has 1 heterocycles. The summed E-state index contributed by atoms with van der Waals surface area (Å²) in [6.45, 7) is 3.67. The quantitative estimate of drug-likeness (QED) is 0.894. The molecule has 1 N–H and O–H groups in total. The largest absolute Gasteiger partial charge is 0.316 e. The van der Waals surface area contributed by atoms with E-state index in [0.29, 0.717) is 12.3 Å². The number of hydrogen-bond donors (Lipinski definition) is 1. The molecule has 1 nitrogen and oxygen atoms in total. The summed E-state index contributed by atoms with van der Waals surface area (Å²) in [5.41, 5.74) is -0.431. The maximum atomic E-state index is 14.6. The molecule has 0 amide bonds. The van der Waals surface area contributed by atoms with Gasteiger partial charge in [0.25, 0.3) is 0 Å². The van der Waals surface area contributed by atoms with Crippen LogP contribution in [-0.2, 0) is 5.67 Å². The van der Waals surface area contributed by atoms with Gasteiger partial charge in [0.1, 0.15) is 5.67 Å². The molecule has 16 heavy (non-hydrogen) atoms. The van der Waals surface area contributed by atoms with Crippen LogP contribution in [0.25, 0.3) is 0 Å². The molecule has 2 rings (SSSR count). The zero-order chi connectivity index (χ0) is 11.6. The van der Waals surface area contributed by atoms with E-state index in [9.17, 15) is 4.39 Å². The predicted octanol–water partition coefficient (Wildman–Crippen LogP) is 3.63. The Balaban J connectivity index is 2.07. The molecule has 0 spiro atoms. The second kappa shape index (κ2) is 4.84. The average Bonchev–Trinajstić information content (AvgIpc) is 2.70. The molecule has 0 radical (unpaired) electrons. The molecular weight excluding hydrogens is 269 g/mol. The maximum absolute atomic E-state index is 14.6. The van der Waals surface area contributed by atoms with Crippen LogP contribution in [0.15, 0.2) is 28.7 Å². The van der Waals surface area contributed by atoms with Crippen molar-refractivity contribution in [2.75, 3.05) is 13.1 Å². The standard InChI is InChI=1S/C13H17BrFN/c1-13(15,8-10-6-7-16-9-10)11-2-4-12(14)5-3-11/h2-5,10,16H,6-9H2,1H3. The van der Waals surface area contributed by atoms with Crippen molar-refractivity contribution in [3.63, 3.8) is 0 Å². The molecule has 0 saturated carbocycles. The highest BCUT2D eigenvalue weighted by Crippen LogP contribution is 2.34. The summed E-state index contributed by atoms with van der Waals surface area (Å²) in [7, 11) is 0. The summed E-state index contributed by atoms with van der Waals surface area (Å²) in [4.78, 5) is 0. The molecule has 88 valence electrons. The van der Waals surface area contributed by atoms with Gasteiger partial charge in [0.2, 0.25) is 0 Å². The van der Waals surface area contributed by atoms with E-state index in [2.05, 4.69) is 21.2 Å². The third-order valence-corrected chi connectivity index (χ3v) is 3.81. The second-order valence-electron chi connectivity index (χ2n) is 4.77. The van der Waals surface area contributed by atoms with Crippen molar-refractivity contribution < 1.29 is 4.39 Å². The number of nitrogens with one attached hydrogen (secondary N) is 1. The van der Waals surface area contributed by atoms with E-state index in [4.69, 9.17) is 0 Å². The van der Waals surface area contributed by atoms with E-state index >= 15 is 0 Å². The smallest absolute Gasteiger partial charge is 0.133 e. The van der Waals surface area contributed by atoms with Crippen LogP contribution in [0.2, 0.25) is 0 Å². The van der Waals surface area contributed by atoms with Crippen LogP contribution in [0, 0.1) is 5.92 Å². The molecule has 1 fully saturated rings. The van der Waals surface area contributed by atoms with E-state index in [1.807, 2.05) is 24.3 Å². The van der Waals surface area contributed by atoms with Gasteiger partial charge in [-0.25, -0.2) is 4.39 Å². The summed E-state index contributed by atoms with van der Waals surface area (Å²) in [5, 5.41) is 3.28. The lowest BCUT2D eigenvalue weighted by atomic mass is 9.87. The van der Waals surface area contributed by atoms with Crippen LogP contribution in [0.4, 0.5) is 4.39 Å². The van der Waals surface area contributed by atoms with Crippen molar-refractivity contribution in [1.29, 1.82) is 0 Å². The SMILES string of the molecule is CC(F)(CC1CCNC1)c1ccc(Br)cc1. The summed E-state index contributed by atoms with van der Waals surface area (Å²) >= 11 is 3.37. The Labute approximate surface area is 105 Å².